The molecule has 0 spiro atoms. The van der Waals surface area contributed by atoms with E-state index in [1.54, 1.807) is 18.5 Å². The molecule has 5 nitrogen and oxygen atoms in total. The summed E-state index contributed by atoms with van der Waals surface area (Å²) in [6, 6.07) is 0.381. The van der Waals surface area contributed by atoms with Crippen LogP contribution in [0.4, 0.5) is 5.82 Å². The van der Waals surface area contributed by atoms with Crippen LogP contribution in [-0.4, -0.2) is 22.4 Å². The number of aromatic nitrogens is 2. The molecule has 15 heavy (non-hydrogen) atoms. The number of hydrogen-bond donors (Lipinski definition) is 1. The first kappa shape index (κ1) is 10.0. The fraction of sp³-hybridized carbons (Fsp3) is 0.600. The van der Waals surface area contributed by atoms with Crippen LogP contribution in [0.2, 0.25) is 0 Å². The summed E-state index contributed by atoms with van der Waals surface area (Å²) >= 11 is 0. The number of nitrogens with zero attached hydrogens (tertiary/aromatic N) is 2. The molecular weight excluding hydrogens is 194 g/mol. The molecule has 0 aliphatic heterocycles. The van der Waals surface area contributed by atoms with E-state index in [2.05, 4.69) is 5.10 Å². The minimum absolute atomic E-state index is 0.353. The van der Waals surface area contributed by atoms with Gasteiger partial charge in [-0.2, -0.15) is 5.10 Å². The van der Waals surface area contributed by atoms with Crippen molar-refractivity contribution in [3.05, 3.63) is 11.3 Å². The van der Waals surface area contributed by atoms with Crippen LogP contribution in [0.25, 0.3) is 0 Å². The predicted octanol–water partition coefficient (Wildman–Crippen LogP) is 1.29. The lowest BCUT2D eigenvalue weighted by atomic mass is 10.2. The van der Waals surface area contributed by atoms with E-state index in [0.29, 0.717) is 29.7 Å². The fourth-order valence-corrected chi connectivity index (χ4v) is 1.62. The predicted molar refractivity (Wildman–Crippen MR) is 55.6 cm³/mol. The summed E-state index contributed by atoms with van der Waals surface area (Å²) in [5, 5.41) is 4.27. The highest BCUT2D eigenvalue weighted by Crippen LogP contribution is 2.37. The van der Waals surface area contributed by atoms with Crippen molar-refractivity contribution in [1.82, 2.24) is 9.78 Å². The lowest BCUT2D eigenvalue weighted by Gasteiger charge is -2.02. The molecule has 0 aromatic carbocycles. The smallest absolute Gasteiger partial charge is 0.343 e. The second-order valence-corrected chi connectivity index (χ2v) is 3.74. The van der Waals surface area contributed by atoms with Gasteiger partial charge in [-0.05, 0) is 26.7 Å². The van der Waals surface area contributed by atoms with Gasteiger partial charge in [-0.15, -0.1) is 0 Å². The number of rotatable bonds is 3. The summed E-state index contributed by atoms with van der Waals surface area (Å²) in [7, 11) is 0. The Bertz CT molecular complexity index is 394. The van der Waals surface area contributed by atoms with E-state index in [1.165, 1.54) is 0 Å². The molecule has 0 atom stereocenters. The number of ether oxygens (including phenoxy) is 1. The Morgan fingerprint density at radius 3 is 2.87 bits per heavy atom. The van der Waals surface area contributed by atoms with E-state index in [1.807, 2.05) is 0 Å². The highest BCUT2D eigenvalue weighted by atomic mass is 16.5. The summed E-state index contributed by atoms with van der Waals surface area (Å²) in [5.74, 6) is 0.0628. The van der Waals surface area contributed by atoms with E-state index >= 15 is 0 Å². The van der Waals surface area contributed by atoms with Crippen molar-refractivity contribution in [2.24, 2.45) is 0 Å². The molecule has 1 heterocycles. The Morgan fingerprint density at radius 1 is 1.67 bits per heavy atom. The average molecular weight is 209 g/mol. The van der Waals surface area contributed by atoms with Crippen LogP contribution in [0.1, 0.15) is 41.9 Å². The maximum absolute atomic E-state index is 11.6. The number of esters is 1. The van der Waals surface area contributed by atoms with Gasteiger partial charge in [0.05, 0.1) is 18.3 Å². The van der Waals surface area contributed by atoms with Gasteiger partial charge in [-0.1, -0.05) is 0 Å². The van der Waals surface area contributed by atoms with Crippen LogP contribution in [0.5, 0.6) is 0 Å². The number of nitrogens with two attached hydrogens (primary N) is 1. The summed E-state index contributed by atoms with van der Waals surface area (Å²) in [4.78, 5) is 11.6. The number of carbonyl (C=O) groups excluding carboxylic acids is 1. The topological polar surface area (TPSA) is 70.1 Å². The molecule has 5 heteroatoms. The summed E-state index contributed by atoms with van der Waals surface area (Å²) < 4.78 is 6.67. The molecule has 0 amide bonds. The molecule has 1 fully saturated rings. The zero-order chi connectivity index (χ0) is 11.0. The van der Waals surface area contributed by atoms with Crippen molar-refractivity contribution in [2.75, 3.05) is 12.3 Å². The van der Waals surface area contributed by atoms with Crippen LogP contribution in [-0.2, 0) is 4.74 Å². The molecule has 1 aromatic rings. The number of nitrogen functional groups attached to an aromatic ring is 1. The first-order valence-electron chi connectivity index (χ1n) is 5.16. The molecule has 0 unspecified atom stereocenters. The Balaban J connectivity index is 2.33. The number of hydrogen-bond acceptors (Lipinski definition) is 4. The van der Waals surface area contributed by atoms with Crippen molar-refractivity contribution in [1.29, 1.82) is 0 Å². The molecule has 2 N–H and O–H groups in total. The van der Waals surface area contributed by atoms with Crippen molar-refractivity contribution < 1.29 is 9.53 Å². The Labute approximate surface area is 88.2 Å². The third-order valence-corrected chi connectivity index (χ3v) is 2.49. The number of aryl methyl sites for hydroxylation is 1. The van der Waals surface area contributed by atoms with Crippen molar-refractivity contribution >= 4 is 11.8 Å². The molecular formula is C10H15N3O2. The Hall–Kier alpha value is -1.52. The maximum atomic E-state index is 11.6. The van der Waals surface area contributed by atoms with Gasteiger partial charge < -0.3 is 10.5 Å². The molecule has 0 saturated heterocycles. The molecule has 0 bridgehead atoms. The first-order chi connectivity index (χ1) is 7.15. The van der Waals surface area contributed by atoms with Crippen LogP contribution in [0.15, 0.2) is 0 Å². The second kappa shape index (κ2) is 3.56. The monoisotopic (exact) mass is 209 g/mol. The van der Waals surface area contributed by atoms with E-state index in [4.69, 9.17) is 10.5 Å². The largest absolute Gasteiger partial charge is 0.462 e. The molecule has 1 aliphatic rings. The summed E-state index contributed by atoms with van der Waals surface area (Å²) in [5.41, 5.74) is 6.95. The zero-order valence-electron chi connectivity index (χ0n) is 8.99. The van der Waals surface area contributed by atoms with Crippen LogP contribution in [0, 0.1) is 6.92 Å². The Kier molecular flexibility index (Phi) is 2.38. The first-order valence-corrected chi connectivity index (χ1v) is 5.16. The van der Waals surface area contributed by atoms with Gasteiger partial charge in [0, 0.05) is 0 Å². The summed E-state index contributed by atoms with van der Waals surface area (Å²) in [6.45, 7) is 3.91. The third kappa shape index (κ3) is 1.69. The van der Waals surface area contributed by atoms with Crippen molar-refractivity contribution in [2.45, 2.75) is 32.7 Å². The SMILES string of the molecule is CCOC(=O)c1c(C)nn(C2CC2)c1N. The molecule has 82 valence electrons. The van der Waals surface area contributed by atoms with Crippen molar-refractivity contribution in [3.63, 3.8) is 0 Å². The van der Waals surface area contributed by atoms with E-state index in [-0.39, 0.29) is 5.97 Å². The zero-order valence-corrected chi connectivity index (χ0v) is 8.99. The number of anilines is 1. The molecule has 1 aliphatic carbocycles. The van der Waals surface area contributed by atoms with E-state index < -0.39 is 0 Å². The van der Waals surface area contributed by atoms with Crippen molar-refractivity contribution in [3.8, 4) is 0 Å². The van der Waals surface area contributed by atoms with E-state index in [0.717, 1.165) is 12.8 Å². The fourth-order valence-electron chi connectivity index (χ4n) is 1.62. The summed E-state index contributed by atoms with van der Waals surface area (Å²) in [6.07, 6.45) is 2.18. The lowest BCUT2D eigenvalue weighted by molar-refractivity contribution is 0.0527. The molecule has 1 aromatic heterocycles. The van der Waals surface area contributed by atoms with Gasteiger partial charge >= 0.3 is 5.97 Å². The highest BCUT2D eigenvalue weighted by Gasteiger charge is 2.30. The second-order valence-electron chi connectivity index (χ2n) is 3.74. The van der Waals surface area contributed by atoms with Gasteiger partial charge in [0.25, 0.3) is 0 Å². The third-order valence-electron chi connectivity index (χ3n) is 2.49. The van der Waals surface area contributed by atoms with Crippen LogP contribution >= 0.6 is 0 Å². The lowest BCUT2D eigenvalue weighted by Crippen LogP contribution is -2.09. The minimum atomic E-state index is -0.376. The molecule has 2 rings (SSSR count). The minimum Gasteiger partial charge on any atom is -0.462 e. The molecule has 1 saturated carbocycles. The Morgan fingerprint density at radius 2 is 2.33 bits per heavy atom. The van der Waals surface area contributed by atoms with Gasteiger partial charge in [0.1, 0.15) is 11.4 Å². The van der Waals surface area contributed by atoms with Gasteiger partial charge in [-0.3, -0.25) is 0 Å². The average Bonchev–Trinajstić information content (AvgIpc) is 2.94. The van der Waals surface area contributed by atoms with Gasteiger partial charge in [0.15, 0.2) is 0 Å². The van der Waals surface area contributed by atoms with E-state index in [9.17, 15) is 4.79 Å². The van der Waals surface area contributed by atoms with Crippen LogP contribution in [0.3, 0.4) is 0 Å². The van der Waals surface area contributed by atoms with Crippen LogP contribution < -0.4 is 5.73 Å². The van der Waals surface area contributed by atoms with Gasteiger partial charge in [0.2, 0.25) is 0 Å². The highest BCUT2D eigenvalue weighted by molar-refractivity contribution is 5.95. The molecule has 0 radical (unpaired) electrons. The quantitative estimate of drug-likeness (QED) is 0.761. The normalized spacial score (nSPS) is 15.3. The maximum Gasteiger partial charge on any atom is 0.343 e. The standard InChI is InChI=1S/C10H15N3O2/c1-3-15-10(14)8-6(2)12-13(9(8)11)7-4-5-7/h7H,3-5,11H2,1-2H3. The number of carbonyl (C=O) groups is 1. The van der Waals surface area contributed by atoms with Gasteiger partial charge in [-0.25, -0.2) is 9.48 Å².